The third kappa shape index (κ3) is 4.53. The van der Waals surface area contributed by atoms with Gasteiger partial charge in [0.2, 0.25) is 5.43 Å². The minimum absolute atomic E-state index is 0.203. The van der Waals surface area contributed by atoms with E-state index in [2.05, 4.69) is 4.98 Å². The first-order valence-electron chi connectivity index (χ1n) is 6.95. The number of benzene rings is 1. The van der Waals surface area contributed by atoms with Gasteiger partial charge in [-0.3, -0.25) is 4.79 Å². The van der Waals surface area contributed by atoms with Crippen LogP contribution < -0.4 is 19.6 Å². The Morgan fingerprint density at radius 1 is 1.09 bits per heavy atom. The monoisotopic (exact) mass is 305 g/mol. The molecule has 0 radical (unpaired) electrons. The molecule has 6 heteroatoms. The molecule has 0 atom stereocenters. The molecule has 0 aliphatic rings. The Kier molecular flexibility index (Phi) is 5.85. The van der Waals surface area contributed by atoms with Crippen molar-refractivity contribution in [2.24, 2.45) is 0 Å². The third-order valence-corrected chi connectivity index (χ3v) is 2.98. The number of aliphatic hydroxyl groups is 1. The Balaban J connectivity index is 1.71. The lowest BCUT2D eigenvalue weighted by atomic mass is 10.3. The van der Waals surface area contributed by atoms with Gasteiger partial charge >= 0.3 is 0 Å². The number of nitrogens with one attached hydrogen (secondary N) is 1. The van der Waals surface area contributed by atoms with Gasteiger partial charge in [0.25, 0.3) is 0 Å². The number of aliphatic hydroxyl groups excluding tert-OH is 1. The van der Waals surface area contributed by atoms with Gasteiger partial charge in [-0.2, -0.15) is 0 Å². The lowest BCUT2D eigenvalue weighted by molar-refractivity contribution is 0.245. The van der Waals surface area contributed by atoms with Gasteiger partial charge in [-0.1, -0.05) is 0 Å². The second-order valence-electron chi connectivity index (χ2n) is 4.57. The fourth-order valence-corrected chi connectivity index (χ4v) is 1.81. The number of ether oxygens (including phenoxy) is 3. The van der Waals surface area contributed by atoms with E-state index in [1.54, 1.807) is 7.11 Å². The Morgan fingerprint density at radius 2 is 1.77 bits per heavy atom. The number of methoxy groups -OCH3 is 1. The van der Waals surface area contributed by atoms with Crippen molar-refractivity contribution < 1.29 is 19.3 Å². The van der Waals surface area contributed by atoms with Crippen LogP contribution in [0.4, 0.5) is 0 Å². The van der Waals surface area contributed by atoms with E-state index in [0.29, 0.717) is 25.3 Å². The van der Waals surface area contributed by atoms with E-state index in [0.717, 1.165) is 11.5 Å². The van der Waals surface area contributed by atoms with E-state index in [-0.39, 0.29) is 17.8 Å². The van der Waals surface area contributed by atoms with Crippen LogP contribution in [0.15, 0.2) is 41.3 Å². The van der Waals surface area contributed by atoms with E-state index in [1.165, 1.54) is 12.3 Å². The van der Waals surface area contributed by atoms with Crippen molar-refractivity contribution >= 4 is 0 Å². The number of H-pyrrole nitrogens is 1. The summed E-state index contributed by atoms with van der Waals surface area (Å²) in [6.07, 6.45) is 2.10. The molecular weight excluding hydrogens is 286 g/mol. The van der Waals surface area contributed by atoms with Crippen LogP contribution in [-0.4, -0.2) is 30.4 Å². The van der Waals surface area contributed by atoms with Gasteiger partial charge in [-0.25, -0.2) is 0 Å². The van der Waals surface area contributed by atoms with E-state index in [1.807, 2.05) is 24.3 Å². The van der Waals surface area contributed by atoms with E-state index in [4.69, 9.17) is 19.3 Å². The van der Waals surface area contributed by atoms with Crippen molar-refractivity contribution in [1.29, 1.82) is 0 Å². The molecule has 0 unspecified atom stereocenters. The molecule has 0 saturated heterocycles. The summed E-state index contributed by atoms with van der Waals surface area (Å²) in [6, 6.07) is 8.64. The van der Waals surface area contributed by atoms with Gasteiger partial charge in [0.1, 0.15) is 11.5 Å². The van der Waals surface area contributed by atoms with Crippen LogP contribution in [0.5, 0.6) is 17.2 Å². The molecule has 1 aromatic carbocycles. The van der Waals surface area contributed by atoms with Gasteiger partial charge in [-0.05, 0) is 24.3 Å². The number of aromatic amines is 1. The molecule has 118 valence electrons. The van der Waals surface area contributed by atoms with E-state index < -0.39 is 0 Å². The Bertz CT molecular complexity index is 636. The molecule has 1 heterocycles. The highest BCUT2D eigenvalue weighted by Gasteiger charge is 2.02. The smallest absolute Gasteiger partial charge is 0.223 e. The van der Waals surface area contributed by atoms with Crippen LogP contribution in [0.2, 0.25) is 0 Å². The first-order chi connectivity index (χ1) is 10.7. The van der Waals surface area contributed by atoms with Crippen molar-refractivity contribution in [1.82, 2.24) is 4.98 Å². The third-order valence-electron chi connectivity index (χ3n) is 2.98. The van der Waals surface area contributed by atoms with Gasteiger partial charge in [0.15, 0.2) is 5.75 Å². The van der Waals surface area contributed by atoms with Crippen LogP contribution in [-0.2, 0) is 6.61 Å². The molecule has 22 heavy (non-hydrogen) atoms. The van der Waals surface area contributed by atoms with Crippen LogP contribution in [0.1, 0.15) is 12.1 Å². The minimum Gasteiger partial charge on any atom is -0.497 e. The van der Waals surface area contributed by atoms with Crippen molar-refractivity contribution in [2.75, 3.05) is 20.3 Å². The van der Waals surface area contributed by atoms with Gasteiger partial charge < -0.3 is 24.3 Å². The zero-order chi connectivity index (χ0) is 15.8. The normalized spacial score (nSPS) is 10.3. The second kappa shape index (κ2) is 8.09. The molecule has 0 saturated carbocycles. The molecule has 0 amide bonds. The van der Waals surface area contributed by atoms with Crippen molar-refractivity contribution in [3.05, 3.63) is 52.4 Å². The minimum atomic E-state index is -0.251. The lowest BCUT2D eigenvalue weighted by Gasteiger charge is -2.08. The highest BCUT2D eigenvalue weighted by molar-refractivity contribution is 5.31. The standard InChI is InChI=1S/C16H19NO5/c1-20-13-3-5-14(6-4-13)21-7-2-8-22-16-10-17-12(11-18)9-15(16)19/h3-6,9-10,18H,2,7-8,11H2,1H3,(H,17,19). The number of hydrogen-bond acceptors (Lipinski definition) is 5. The maximum atomic E-state index is 11.6. The molecule has 1 aromatic heterocycles. The molecule has 0 fully saturated rings. The molecule has 2 N–H and O–H groups in total. The molecule has 2 aromatic rings. The summed E-state index contributed by atoms with van der Waals surface area (Å²) < 4.78 is 16.0. The quantitative estimate of drug-likeness (QED) is 0.726. The summed E-state index contributed by atoms with van der Waals surface area (Å²) in [7, 11) is 1.61. The maximum absolute atomic E-state index is 11.6. The highest BCUT2D eigenvalue weighted by atomic mass is 16.5. The number of hydrogen-bond donors (Lipinski definition) is 2. The first kappa shape index (κ1) is 15.9. The zero-order valence-electron chi connectivity index (χ0n) is 12.4. The highest BCUT2D eigenvalue weighted by Crippen LogP contribution is 2.17. The summed E-state index contributed by atoms with van der Waals surface area (Å²) in [5, 5.41) is 8.90. The van der Waals surface area contributed by atoms with Crippen LogP contribution in [0.3, 0.4) is 0 Å². The predicted molar refractivity (Wildman–Crippen MR) is 81.6 cm³/mol. The van der Waals surface area contributed by atoms with Crippen molar-refractivity contribution in [2.45, 2.75) is 13.0 Å². The average molecular weight is 305 g/mol. The topological polar surface area (TPSA) is 80.8 Å². The fourth-order valence-electron chi connectivity index (χ4n) is 1.81. The molecular formula is C16H19NO5. The number of pyridine rings is 1. The largest absolute Gasteiger partial charge is 0.497 e. The molecule has 0 aliphatic heterocycles. The van der Waals surface area contributed by atoms with Gasteiger partial charge in [-0.15, -0.1) is 0 Å². The Morgan fingerprint density at radius 3 is 2.41 bits per heavy atom. The number of rotatable bonds is 8. The van der Waals surface area contributed by atoms with E-state index >= 15 is 0 Å². The van der Waals surface area contributed by atoms with E-state index in [9.17, 15) is 4.79 Å². The second-order valence-corrected chi connectivity index (χ2v) is 4.57. The number of aromatic nitrogens is 1. The maximum Gasteiger partial charge on any atom is 0.223 e. The van der Waals surface area contributed by atoms with Crippen LogP contribution in [0.25, 0.3) is 0 Å². The average Bonchev–Trinajstić information content (AvgIpc) is 2.56. The van der Waals surface area contributed by atoms with Gasteiger partial charge in [0, 0.05) is 24.4 Å². The SMILES string of the molecule is COc1ccc(OCCCOc2c[nH]c(CO)cc2=O)cc1. The Hall–Kier alpha value is -2.47. The molecule has 0 spiro atoms. The van der Waals surface area contributed by atoms with Gasteiger partial charge in [0.05, 0.1) is 26.9 Å². The Labute approximate surface area is 128 Å². The van der Waals surface area contributed by atoms with Crippen molar-refractivity contribution in [3.8, 4) is 17.2 Å². The summed E-state index contributed by atoms with van der Waals surface area (Å²) in [5.41, 5.74) is 0.207. The predicted octanol–water partition coefficient (Wildman–Crippen LogP) is 1.72. The lowest BCUT2D eigenvalue weighted by Crippen LogP contribution is -2.12. The molecule has 2 rings (SSSR count). The fraction of sp³-hybridized carbons (Fsp3) is 0.312. The first-order valence-corrected chi connectivity index (χ1v) is 6.95. The zero-order valence-corrected chi connectivity index (χ0v) is 12.4. The summed E-state index contributed by atoms with van der Waals surface area (Å²) in [4.78, 5) is 14.4. The summed E-state index contributed by atoms with van der Waals surface area (Å²) in [6.45, 7) is 0.655. The van der Waals surface area contributed by atoms with Crippen LogP contribution in [0, 0.1) is 0 Å². The van der Waals surface area contributed by atoms with Crippen molar-refractivity contribution in [3.63, 3.8) is 0 Å². The summed E-state index contributed by atoms with van der Waals surface area (Å²) >= 11 is 0. The molecule has 6 nitrogen and oxygen atoms in total. The molecule has 0 aliphatic carbocycles. The molecule has 0 bridgehead atoms. The summed E-state index contributed by atoms with van der Waals surface area (Å²) in [5.74, 6) is 1.77. The van der Waals surface area contributed by atoms with Crippen LogP contribution >= 0.6 is 0 Å².